The van der Waals surface area contributed by atoms with Crippen molar-refractivity contribution in [2.75, 3.05) is 12.4 Å². The van der Waals surface area contributed by atoms with Gasteiger partial charge in [0.15, 0.2) is 5.16 Å². The number of nitrogens with one attached hydrogen (secondary N) is 1. The highest BCUT2D eigenvalue weighted by Crippen LogP contribution is 2.25. The highest BCUT2D eigenvalue weighted by molar-refractivity contribution is 7.99. The number of aromatic nitrogens is 2. The molecule has 0 bridgehead atoms. The molecule has 0 fully saturated rings. The minimum atomic E-state index is -0.196. The van der Waals surface area contributed by atoms with E-state index in [1.54, 1.807) is 6.21 Å². The molecule has 162 valence electrons. The van der Waals surface area contributed by atoms with E-state index in [0.717, 1.165) is 27.5 Å². The Balaban J connectivity index is 1.43. The Morgan fingerprint density at radius 1 is 1.06 bits per heavy atom. The molecule has 0 saturated carbocycles. The molecule has 6 nitrogen and oxygen atoms in total. The Kier molecular flexibility index (Phi) is 7.19. The summed E-state index contributed by atoms with van der Waals surface area (Å²) in [5, 5.41) is 4.89. The van der Waals surface area contributed by atoms with Gasteiger partial charge in [-0.2, -0.15) is 5.10 Å². The van der Waals surface area contributed by atoms with Crippen LogP contribution in [0.4, 0.5) is 0 Å². The number of nitrogens with zero attached hydrogens (tertiary/aromatic N) is 3. The summed E-state index contributed by atoms with van der Waals surface area (Å²) >= 11 is 1.40. The second-order valence-corrected chi connectivity index (χ2v) is 7.95. The van der Waals surface area contributed by atoms with Crippen LogP contribution in [-0.2, 0) is 11.3 Å². The third kappa shape index (κ3) is 5.36. The predicted molar refractivity (Wildman–Crippen MR) is 129 cm³/mol. The van der Waals surface area contributed by atoms with Crippen molar-refractivity contribution >= 4 is 34.9 Å². The highest BCUT2D eigenvalue weighted by atomic mass is 32.2. The lowest BCUT2D eigenvalue weighted by Gasteiger charge is -2.09. The van der Waals surface area contributed by atoms with Crippen LogP contribution in [0.3, 0.4) is 0 Å². The number of imidazole rings is 1. The number of hydrogen-bond donors (Lipinski definition) is 1. The number of carbonyl (C=O) groups excluding carboxylic acids is 1. The number of amides is 1. The van der Waals surface area contributed by atoms with Gasteiger partial charge in [-0.15, -0.1) is 0 Å². The van der Waals surface area contributed by atoms with E-state index in [1.165, 1.54) is 17.3 Å². The zero-order chi connectivity index (χ0) is 22.2. The van der Waals surface area contributed by atoms with Crippen molar-refractivity contribution in [3.05, 3.63) is 90.0 Å². The second kappa shape index (κ2) is 10.6. The van der Waals surface area contributed by atoms with Crippen LogP contribution in [0, 0.1) is 0 Å². The lowest BCUT2D eigenvalue weighted by Crippen LogP contribution is -2.20. The average molecular weight is 445 g/mol. The van der Waals surface area contributed by atoms with Gasteiger partial charge in [-0.05, 0) is 36.8 Å². The first kappa shape index (κ1) is 21.6. The van der Waals surface area contributed by atoms with Crippen LogP contribution in [-0.4, -0.2) is 34.0 Å². The van der Waals surface area contributed by atoms with E-state index in [0.29, 0.717) is 13.2 Å². The van der Waals surface area contributed by atoms with Crippen LogP contribution >= 0.6 is 11.8 Å². The third-order valence-electron chi connectivity index (χ3n) is 4.75. The standard InChI is InChI=1S/C25H24N4O2S/c1-2-31-23-15-9-6-12-20(23)16-26-28-24(30)18-32-25-27-21-13-7-8-14-22(21)29(25)17-19-10-4-3-5-11-19/h3-16H,2,17-18H2,1H3,(H,28,30). The summed E-state index contributed by atoms with van der Waals surface area (Å²) in [5.41, 5.74) is 6.54. The van der Waals surface area contributed by atoms with Crippen LogP contribution in [0.2, 0.25) is 0 Å². The normalized spacial score (nSPS) is 11.2. The Morgan fingerprint density at radius 2 is 1.81 bits per heavy atom. The number of carbonyl (C=O) groups is 1. The van der Waals surface area contributed by atoms with Gasteiger partial charge in [-0.1, -0.05) is 66.4 Å². The molecule has 0 aliphatic carbocycles. The molecule has 0 radical (unpaired) electrons. The molecule has 0 aliphatic rings. The van der Waals surface area contributed by atoms with Crippen molar-refractivity contribution in [2.45, 2.75) is 18.6 Å². The van der Waals surface area contributed by atoms with E-state index in [-0.39, 0.29) is 11.7 Å². The SMILES string of the molecule is CCOc1ccccc1C=NNC(=O)CSc1nc2ccccc2n1Cc1ccccc1. The van der Waals surface area contributed by atoms with E-state index in [4.69, 9.17) is 9.72 Å². The van der Waals surface area contributed by atoms with E-state index < -0.39 is 0 Å². The van der Waals surface area contributed by atoms with Gasteiger partial charge in [-0.25, -0.2) is 10.4 Å². The monoisotopic (exact) mass is 444 g/mol. The van der Waals surface area contributed by atoms with Gasteiger partial charge < -0.3 is 9.30 Å². The fraction of sp³-hybridized carbons (Fsp3) is 0.160. The molecule has 0 unspecified atom stereocenters. The number of ether oxygens (including phenoxy) is 1. The van der Waals surface area contributed by atoms with Gasteiger partial charge in [0.1, 0.15) is 5.75 Å². The zero-order valence-electron chi connectivity index (χ0n) is 17.8. The second-order valence-electron chi connectivity index (χ2n) is 7.01. The average Bonchev–Trinajstić information content (AvgIpc) is 3.17. The number of thioether (sulfide) groups is 1. The first-order valence-corrected chi connectivity index (χ1v) is 11.4. The molecule has 0 aliphatic heterocycles. The maximum absolute atomic E-state index is 12.4. The van der Waals surface area contributed by atoms with Gasteiger partial charge in [0.25, 0.3) is 5.91 Å². The summed E-state index contributed by atoms with van der Waals surface area (Å²) < 4.78 is 7.71. The minimum absolute atomic E-state index is 0.196. The number of hydrazone groups is 1. The summed E-state index contributed by atoms with van der Waals surface area (Å²) in [7, 11) is 0. The van der Waals surface area contributed by atoms with Crippen LogP contribution in [0.25, 0.3) is 11.0 Å². The molecule has 32 heavy (non-hydrogen) atoms. The van der Waals surface area contributed by atoms with Crippen molar-refractivity contribution in [3.8, 4) is 5.75 Å². The molecule has 1 heterocycles. The molecular weight excluding hydrogens is 420 g/mol. The number of benzene rings is 3. The smallest absolute Gasteiger partial charge is 0.250 e. The molecule has 4 aromatic rings. The first-order valence-electron chi connectivity index (χ1n) is 10.4. The Morgan fingerprint density at radius 3 is 2.66 bits per heavy atom. The topological polar surface area (TPSA) is 68.5 Å². The summed E-state index contributed by atoms with van der Waals surface area (Å²) in [6, 6.07) is 25.8. The van der Waals surface area contributed by atoms with Crippen LogP contribution in [0.1, 0.15) is 18.1 Å². The predicted octanol–water partition coefficient (Wildman–Crippen LogP) is 4.73. The summed E-state index contributed by atoms with van der Waals surface area (Å²) in [6.45, 7) is 3.19. The molecule has 0 saturated heterocycles. The maximum Gasteiger partial charge on any atom is 0.250 e. The van der Waals surface area contributed by atoms with Gasteiger partial charge >= 0.3 is 0 Å². The highest BCUT2D eigenvalue weighted by Gasteiger charge is 2.13. The zero-order valence-corrected chi connectivity index (χ0v) is 18.6. The number of para-hydroxylation sites is 3. The van der Waals surface area contributed by atoms with E-state index >= 15 is 0 Å². The largest absolute Gasteiger partial charge is 0.493 e. The lowest BCUT2D eigenvalue weighted by atomic mass is 10.2. The number of rotatable bonds is 9. The van der Waals surface area contributed by atoms with Crippen molar-refractivity contribution < 1.29 is 9.53 Å². The van der Waals surface area contributed by atoms with Gasteiger partial charge in [0, 0.05) is 5.56 Å². The van der Waals surface area contributed by atoms with Gasteiger partial charge in [0.2, 0.25) is 0 Å². The van der Waals surface area contributed by atoms with E-state index in [2.05, 4.69) is 33.3 Å². The van der Waals surface area contributed by atoms with Crippen molar-refractivity contribution in [2.24, 2.45) is 5.10 Å². The maximum atomic E-state index is 12.4. The first-order chi connectivity index (χ1) is 15.7. The summed E-state index contributed by atoms with van der Waals surface area (Å²) in [5.74, 6) is 0.748. The molecule has 3 aromatic carbocycles. The fourth-order valence-corrected chi connectivity index (χ4v) is 4.10. The molecule has 1 N–H and O–H groups in total. The molecule has 4 rings (SSSR count). The van der Waals surface area contributed by atoms with Gasteiger partial charge in [0.05, 0.1) is 36.2 Å². The quantitative estimate of drug-likeness (QED) is 0.230. The third-order valence-corrected chi connectivity index (χ3v) is 5.72. The minimum Gasteiger partial charge on any atom is -0.493 e. The Bertz CT molecular complexity index is 1220. The molecule has 1 aromatic heterocycles. The van der Waals surface area contributed by atoms with E-state index in [1.807, 2.05) is 67.6 Å². The molecule has 7 heteroatoms. The summed E-state index contributed by atoms with van der Waals surface area (Å²) in [4.78, 5) is 17.1. The van der Waals surface area contributed by atoms with Crippen molar-refractivity contribution in [3.63, 3.8) is 0 Å². The number of hydrogen-bond acceptors (Lipinski definition) is 5. The van der Waals surface area contributed by atoms with Crippen LogP contribution in [0.5, 0.6) is 5.75 Å². The Labute approximate surface area is 191 Å². The van der Waals surface area contributed by atoms with Crippen molar-refractivity contribution in [1.29, 1.82) is 0 Å². The lowest BCUT2D eigenvalue weighted by molar-refractivity contribution is -0.118. The number of fused-ring (bicyclic) bond motifs is 1. The molecule has 0 spiro atoms. The van der Waals surface area contributed by atoms with Crippen LogP contribution in [0.15, 0.2) is 89.1 Å². The molecule has 1 amide bonds. The van der Waals surface area contributed by atoms with Crippen LogP contribution < -0.4 is 10.2 Å². The molecule has 0 atom stereocenters. The van der Waals surface area contributed by atoms with Gasteiger partial charge in [-0.3, -0.25) is 4.79 Å². The fourth-order valence-electron chi connectivity index (χ4n) is 3.29. The Hall–Kier alpha value is -3.58. The van der Waals surface area contributed by atoms with E-state index in [9.17, 15) is 4.79 Å². The molecular formula is C25H24N4O2S. The van der Waals surface area contributed by atoms with Crippen molar-refractivity contribution in [1.82, 2.24) is 15.0 Å². The summed E-state index contributed by atoms with van der Waals surface area (Å²) in [6.07, 6.45) is 1.60.